The number of hydrogen-bond acceptors (Lipinski definition) is 3. The second-order valence-corrected chi connectivity index (χ2v) is 5.00. The summed E-state index contributed by atoms with van der Waals surface area (Å²) in [5.41, 5.74) is -0.348. The fourth-order valence-electron chi connectivity index (χ4n) is 1.59. The smallest absolute Gasteiger partial charge is 0.319 e. The molecule has 6 heteroatoms. The van der Waals surface area contributed by atoms with Crippen LogP contribution in [-0.4, -0.2) is 17.0 Å². The van der Waals surface area contributed by atoms with Crippen LogP contribution in [0.1, 0.15) is 18.4 Å². The van der Waals surface area contributed by atoms with Crippen molar-refractivity contribution in [1.29, 1.82) is 5.26 Å². The van der Waals surface area contributed by atoms with Crippen LogP contribution in [-0.2, 0) is 9.59 Å². The molecule has 2 rings (SSSR count). The van der Waals surface area contributed by atoms with Gasteiger partial charge in [0.1, 0.15) is 5.41 Å². The van der Waals surface area contributed by atoms with Crippen LogP contribution in [0.25, 0.3) is 0 Å². The Balaban J connectivity index is 2.18. The monoisotopic (exact) mass is 308 g/mol. The van der Waals surface area contributed by atoms with E-state index < -0.39 is 17.3 Å². The molecular formula is C12H9BrN2O3. The van der Waals surface area contributed by atoms with Gasteiger partial charge in [0.2, 0.25) is 5.91 Å². The predicted molar refractivity (Wildman–Crippen MR) is 66.8 cm³/mol. The van der Waals surface area contributed by atoms with Crippen molar-refractivity contribution in [3.8, 4) is 6.07 Å². The number of nitriles is 1. The van der Waals surface area contributed by atoms with Crippen molar-refractivity contribution in [3.63, 3.8) is 0 Å². The molecule has 0 radical (unpaired) electrons. The minimum atomic E-state index is -1.27. The van der Waals surface area contributed by atoms with Crippen LogP contribution in [0.3, 0.4) is 0 Å². The molecule has 0 saturated heterocycles. The number of anilines is 1. The molecule has 1 fully saturated rings. The zero-order valence-corrected chi connectivity index (χ0v) is 10.8. The summed E-state index contributed by atoms with van der Waals surface area (Å²) in [6.45, 7) is 0. The van der Waals surface area contributed by atoms with Crippen LogP contribution in [0.2, 0.25) is 0 Å². The maximum Gasteiger partial charge on any atom is 0.319 e. The van der Waals surface area contributed by atoms with Gasteiger partial charge in [-0.05, 0) is 47.0 Å². The molecule has 1 aliphatic carbocycles. The van der Waals surface area contributed by atoms with Gasteiger partial charge in [-0.25, -0.2) is 0 Å². The Morgan fingerprint density at radius 1 is 1.44 bits per heavy atom. The minimum absolute atomic E-state index is 0.363. The molecule has 0 atom stereocenters. The van der Waals surface area contributed by atoms with E-state index in [1.165, 1.54) is 0 Å². The van der Waals surface area contributed by atoms with E-state index in [4.69, 9.17) is 10.4 Å². The molecule has 1 aromatic rings. The van der Waals surface area contributed by atoms with Crippen LogP contribution in [0.15, 0.2) is 22.7 Å². The number of carbonyl (C=O) groups is 2. The SMILES string of the molecule is N#Cc1ccc(NC(=O)C2(C(=O)O)CC2)c(Br)c1. The summed E-state index contributed by atoms with van der Waals surface area (Å²) in [5.74, 6) is -1.61. The minimum Gasteiger partial charge on any atom is -0.480 e. The van der Waals surface area contributed by atoms with E-state index in [-0.39, 0.29) is 0 Å². The van der Waals surface area contributed by atoms with Crippen molar-refractivity contribution in [1.82, 2.24) is 0 Å². The van der Waals surface area contributed by atoms with Gasteiger partial charge in [-0.2, -0.15) is 5.26 Å². The number of aliphatic carboxylic acids is 1. The van der Waals surface area contributed by atoms with E-state index in [9.17, 15) is 9.59 Å². The van der Waals surface area contributed by atoms with Gasteiger partial charge in [-0.3, -0.25) is 9.59 Å². The standard InChI is InChI=1S/C12H9BrN2O3/c13-8-5-7(6-14)1-2-9(8)15-10(16)12(3-4-12)11(17)18/h1-2,5H,3-4H2,(H,15,16)(H,17,18). The molecule has 0 aliphatic heterocycles. The summed E-state index contributed by atoms with van der Waals surface area (Å²) in [4.78, 5) is 22.9. The van der Waals surface area contributed by atoms with Gasteiger partial charge >= 0.3 is 5.97 Å². The molecule has 18 heavy (non-hydrogen) atoms. The van der Waals surface area contributed by atoms with Crippen LogP contribution in [0.5, 0.6) is 0 Å². The lowest BCUT2D eigenvalue weighted by atomic mass is 10.1. The van der Waals surface area contributed by atoms with Crippen molar-refractivity contribution < 1.29 is 14.7 Å². The van der Waals surface area contributed by atoms with E-state index in [2.05, 4.69) is 21.2 Å². The van der Waals surface area contributed by atoms with Crippen LogP contribution in [0.4, 0.5) is 5.69 Å². The molecular weight excluding hydrogens is 300 g/mol. The molecule has 92 valence electrons. The number of carboxylic acid groups (broad SMARTS) is 1. The summed E-state index contributed by atoms with van der Waals surface area (Å²) < 4.78 is 0.552. The first-order valence-corrected chi connectivity index (χ1v) is 6.03. The van der Waals surface area contributed by atoms with Gasteiger partial charge in [0.05, 0.1) is 17.3 Å². The number of amides is 1. The maximum atomic E-state index is 11.9. The zero-order valence-electron chi connectivity index (χ0n) is 9.24. The molecule has 2 N–H and O–H groups in total. The summed E-state index contributed by atoms with van der Waals surface area (Å²) in [6, 6.07) is 6.66. The van der Waals surface area contributed by atoms with Gasteiger partial charge < -0.3 is 10.4 Å². The third-order valence-corrected chi connectivity index (χ3v) is 3.60. The predicted octanol–water partition coefficient (Wildman–Crippen LogP) is 2.12. The Hall–Kier alpha value is -1.87. The molecule has 1 aliphatic rings. The van der Waals surface area contributed by atoms with E-state index in [1.54, 1.807) is 18.2 Å². The molecule has 0 spiro atoms. The Morgan fingerprint density at radius 3 is 2.56 bits per heavy atom. The first kappa shape index (κ1) is 12.6. The van der Waals surface area contributed by atoms with Gasteiger partial charge in [0, 0.05) is 4.47 Å². The summed E-state index contributed by atoms with van der Waals surface area (Å²) in [5, 5.41) is 20.3. The topological polar surface area (TPSA) is 90.2 Å². The molecule has 0 aromatic heterocycles. The fraction of sp³-hybridized carbons (Fsp3) is 0.250. The third kappa shape index (κ3) is 2.09. The van der Waals surface area contributed by atoms with Crippen molar-refractivity contribution in [3.05, 3.63) is 28.2 Å². The summed E-state index contributed by atoms with van der Waals surface area (Å²) in [7, 11) is 0. The highest BCUT2D eigenvalue weighted by molar-refractivity contribution is 9.10. The normalized spacial score (nSPS) is 15.6. The van der Waals surface area contributed by atoms with Crippen LogP contribution < -0.4 is 5.32 Å². The number of benzene rings is 1. The average Bonchev–Trinajstić information content (AvgIpc) is 3.12. The highest BCUT2D eigenvalue weighted by Crippen LogP contribution is 2.47. The van der Waals surface area contributed by atoms with E-state index in [1.807, 2.05) is 6.07 Å². The average molecular weight is 309 g/mol. The summed E-state index contributed by atoms with van der Waals surface area (Å²) >= 11 is 3.23. The number of carbonyl (C=O) groups excluding carboxylic acids is 1. The molecule has 1 saturated carbocycles. The van der Waals surface area contributed by atoms with Crippen LogP contribution >= 0.6 is 15.9 Å². The lowest BCUT2D eigenvalue weighted by molar-refractivity contribution is -0.147. The highest BCUT2D eigenvalue weighted by Gasteiger charge is 2.57. The number of carboxylic acids is 1. The second kappa shape index (κ2) is 4.42. The number of halogens is 1. The lowest BCUT2D eigenvalue weighted by Crippen LogP contribution is -2.31. The molecule has 0 bridgehead atoms. The third-order valence-electron chi connectivity index (χ3n) is 2.94. The van der Waals surface area contributed by atoms with E-state index >= 15 is 0 Å². The van der Waals surface area contributed by atoms with Gasteiger partial charge in [0.15, 0.2) is 0 Å². The van der Waals surface area contributed by atoms with Crippen molar-refractivity contribution in [2.24, 2.45) is 5.41 Å². The van der Waals surface area contributed by atoms with Crippen LogP contribution in [0, 0.1) is 16.7 Å². The number of nitrogens with one attached hydrogen (secondary N) is 1. The van der Waals surface area contributed by atoms with Crippen molar-refractivity contribution >= 4 is 33.5 Å². The molecule has 5 nitrogen and oxygen atoms in total. The summed E-state index contributed by atoms with van der Waals surface area (Å²) in [6.07, 6.45) is 0.726. The van der Waals surface area contributed by atoms with E-state index in [0.29, 0.717) is 28.6 Å². The molecule has 1 aromatic carbocycles. The van der Waals surface area contributed by atoms with Gasteiger partial charge in [-0.15, -0.1) is 0 Å². The second-order valence-electron chi connectivity index (χ2n) is 4.15. The van der Waals surface area contributed by atoms with E-state index in [0.717, 1.165) is 0 Å². The largest absolute Gasteiger partial charge is 0.480 e. The van der Waals surface area contributed by atoms with Gasteiger partial charge in [0.25, 0.3) is 0 Å². The lowest BCUT2D eigenvalue weighted by Gasteiger charge is -2.12. The molecule has 0 heterocycles. The number of nitrogens with zero attached hydrogens (tertiary/aromatic N) is 1. The van der Waals surface area contributed by atoms with Crippen molar-refractivity contribution in [2.45, 2.75) is 12.8 Å². The Morgan fingerprint density at radius 2 is 2.11 bits per heavy atom. The highest BCUT2D eigenvalue weighted by atomic mass is 79.9. The maximum absolute atomic E-state index is 11.9. The zero-order chi connectivity index (χ0) is 13.3. The van der Waals surface area contributed by atoms with Crippen molar-refractivity contribution in [2.75, 3.05) is 5.32 Å². The Bertz CT molecular complexity index is 573. The first-order valence-electron chi connectivity index (χ1n) is 5.24. The van der Waals surface area contributed by atoms with Gasteiger partial charge in [-0.1, -0.05) is 0 Å². The first-order chi connectivity index (χ1) is 8.49. The quantitative estimate of drug-likeness (QED) is 0.837. The number of hydrogen-bond donors (Lipinski definition) is 2. The Labute approximate surface area is 112 Å². The molecule has 0 unspecified atom stereocenters. The number of rotatable bonds is 3. The fourth-order valence-corrected chi connectivity index (χ4v) is 2.07. The molecule has 1 amide bonds. The Kier molecular flexibility index (Phi) is 3.09.